The summed E-state index contributed by atoms with van der Waals surface area (Å²) >= 11 is 0. The monoisotopic (exact) mass is 400 g/mol. The third-order valence-corrected chi connectivity index (χ3v) is 6.63. The predicted octanol–water partition coefficient (Wildman–Crippen LogP) is 4.90. The smallest absolute Gasteiger partial charge is 0.321 e. The van der Waals surface area contributed by atoms with E-state index in [2.05, 4.69) is 48.1 Å². The van der Waals surface area contributed by atoms with Crippen molar-refractivity contribution in [2.75, 3.05) is 56.5 Å². The van der Waals surface area contributed by atoms with Gasteiger partial charge in [-0.2, -0.15) is 0 Å². The molecule has 0 atom stereocenters. The Morgan fingerprint density at radius 2 is 1.72 bits per heavy atom. The summed E-state index contributed by atoms with van der Waals surface area (Å²) in [7, 11) is 2.23. The number of unbranched alkanes of at least 4 members (excludes halogenated alkanes) is 1. The maximum atomic E-state index is 12.7. The first-order valence-corrected chi connectivity index (χ1v) is 11.6. The van der Waals surface area contributed by atoms with Crippen LogP contribution in [-0.2, 0) is 0 Å². The molecule has 0 saturated carbocycles. The van der Waals surface area contributed by atoms with Gasteiger partial charge in [0.15, 0.2) is 0 Å². The van der Waals surface area contributed by atoms with E-state index in [1.54, 1.807) is 0 Å². The molecule has 2 aliphatic rings. The van der Waals surface area contributed by atoms with Crippen LogP contribution in [0.4, 0.5) is 16.2 Å². The van der Waals surface area contributed by atoms with Crippen molar-refractivity contribution in [1.82, 2.24) is 9.80 Å². The first kappa shape index (κ1) is 21.9. The van der Waals surface area contributed by atoms with Crippen molar-refractivity contribution in [3.8, 4) is 0 Å². The molecule has 29 heavy (non-hydrogen) atoms. The van der Waals surface area contributed by atoms with Crippen molar-refractivity contribution in [3.05, 3.63) is 24.3 Å². The number of amides is 2. The second kappa shape index (κ2) is 10.9. The fourth-order valence-electron chi connectivity index (χ4n) is 4.50. The van der Waals surface area contributed by atoms with Crippen molar-refractivity contribution in [2.24, 2.45) is 11.8 Å². The maximum Gasteiger partial charge on any atom is 0.321 e. The molecule has 5 heteroatoms. The number of urea groups is 1. The summed E-state index contributed by atoms with van der Waals surface area (Å²) in [5, 5.41) is 3.09. The van der Waals surface area contributed by atoms with Crippen LogP contribution in [0.15, 0.2) is 24.3 Å². The van der Waals surface area contributed by atoms with Crippen LogP contribution < -0.4 is 10.2 Å². The Kier molecular flexibility index (Phi) is 8.22. The highest BCUT2D eigenvalue weighted by Crippen LogP contribution is 2.25. The lowest BCUT2D eigenvalue weighted by molar-refractivity contribution is 0.163. The summed E-state index contributed by atoms with van der Waals surface area (Å²) in [5.41, 5.74) is 2.16. The third-order valence-electron chi connectivity index (χ3n) is 6.63. The van der Waals surface area contributed by atoms with Gasteiger partial charge in [0.2, 0.25) is 0 Å². The number of carbonyl (C=O) groups is 1. The van der Waals surface area contributed by atoms with Gasteiger partial charge < -0.3 is 20.0 Å². The molecule has 0 unspecified atom stereocenters. The second-order valence-corrected chi connectivity index (χ2v) is 9.19. The molecule has 2 heterocycles. The normalized spacial score (nSPS) is 19.0. The SMILES string of the molecule is CCCCN(C)CC1CCN(C(=O)Nc2ccc(N3CCC(C)CC3)cc2)CC1. The van der Waals surface area contributed by atoms with Gasteiger partial charge in [-0.1, -0.05) is 20.3 Å². The quantitative estimate of drug-likeness (QED) is 0.708. The van der Waals surface area contributed by atoms with Crippen molar-refractivity contribution in [2.45, 2.75) is 52.4 Å². The molecular formula is C24H40N4O. The molecule has 162 valence electrons. The molecule has 1 aromatic rings. The molecule has 0 bridgehead atoms. The average Bonchev–Trinajstić information content (AvgIpc) is 2.74. The lowest BCUT2D eigenvalue weighted by Crippen LogP contribution is -2.43. The fourth-order valence-corrected chi connectivity index (χ4v) is 4.50. The van der Waals surface area contributed by atoms with E-state index in [0.717, 1.165) is 57.2 Å². The van der Waals surface area contributed by atoms with Crippen LogP contribution in [0, 0.1) is 11.8 Å². The number of carbonyl (C=O) groups excluding carboxylic acids is 1. The highest BCUT2D eigenvalue weighted by molar-refractivity contribution is 5.89. The van der Waals surface area contributed by atoms with Crippen LogP contribution in [0.5, 0.6) is 0 Å². The van der Waals surface area contributed by atoms with Gasteiger partial charge in [0.25, 0.3) is 0 Å². The van der Waals surface area contributed by atoms with Crippen molar-refractivity contribution >= 4 is 17.4 Å². The Balaban J connectivity index is 1.41. The summed E-state index contributed by atoms with van der Waals surface area (Å²) in [6.45, 7) is 10.9. The van der Waals surface area contributed by atoms with E-state index >= 15 is 0 Å². The minimum Gasteiger partial charge on any atom is -0.372 e. The van der Waals surface area contributed by atoms with Gasteiger partial charge in [-0.25, -0.2) is 4.79 Å². The Hall–Kier alpha value is -1.75. The molecule has 2 amide bonds. The van der Waals surface area contributed by atoms with Crippen LogP contribution >= 0.6 is 0 Å². The van der Waals surface area contributed by atoms with Gasteiger partial charge in [0.05, 0.1) is 0 Å². The van der Waals surface area contributed by atoms with Crippen molar-refractivity contribution in [3.63, 3.8) is 0 Å². The fraction of sp³-hybridized carbons (Fsp3) is 0.708. The molecule has 0 spiro atoms. The van der Waals surface area contributed by atoms with Gasteiger partial charge in [-0.05, 0) is 81.8 Å². The van der Waals surface area contributed by atoms with E-state index in [9.17, 15) is 4.79 Å². The summed E-state index contributed by atoms with van der Waals surface area (Å²) in [6.07, 6.45) is 7.27. The van der Waals surface area contributed by atoms with Gasteiger partial charge in [-0.15, -0.1) is 0 Å². The Bertz CT molecular complexity index is 616. The summed E-state index contributed by atoms with van der Waals surface area (Å²) in [6, 6.07) is 8.41. The summed E-state index contributed by atoms with van der Waals surface area (Å²) in [4.78, 5) is 19.5. The van der Waals surface area contributed by atoms with Gasteiger partial charge in [0, 0.05) is 44.1 Å². The Labute approximate surface area is 177 Å². The van der Waals surface area contributed by atoms with Crippen molar-refractivity contribution < 1.29 is 4.79 Å². The van der Waals surface area contributed by atoms with E-state index in [1.165, 1.54) is 37.9 Å². The third kappa shape index (κ3) is 6.63. The number of rotatable bonds is 7. The highest BCUT2D eigenvalue weighted by atomic mass is 16.2. The van der Waals surface area contributed by atoms with Crippen LogP contribution in [0.3, 0.4) is 0 Å². The minimum atomic E-state index is 0.0438. The molecule has 5 nitrogen and oxygen atoms in total. The number of likely N-dealkylation sites (tertiary alicyclic amines) is 1. The molecular weight excluding hydrogens is 360 g/mol. The number of anilines is 2. The largest absolute Gasteiger partial charge is 0.372 e. The summed E-state index contributed by atoms with van der Waals surface area (Å²) in [5.74, 6) is 1.55. The Morgan fingerprint density at radius 1 is 1.07 bits per heavy atom. The number of piperidine rings is 2. The number of benzene rings is 1. The molecule has 3 rings (SSSR count). The van der Waals surface area contributed by atoms with Crippen LogP contribution in [0.25, 0.3) is 0 Å². The molecule has 0 aromatic heterocycles. The van der Waals surface area contributed by atoms with Crippen LogP contribution in [0.1, 0.15) is 52.4 Å². The maximum absolute atomic E-state index is 12.7. The first-order chi connectivity index (χ1) is 14.0. The van der Waals surface area contributed by atoms with Gasteiger partial charge in [-0.3, -0.25) is 0 Å². The molecule has 1 aromatic carbocycles. The molecule has 1 N–H and O–H groups in total. The van der Waals surface area contributed by atoms with E-state index in [-0.39, 0.29) is 6.03 Å². The van der Waals surface area contributed by atoms with E-state index < -0.39 is 0 Å². The zero-order valence-corrected chi connectivity index (χ0v) is 18.7. The zero-order valence-electron chi connectivity index (χ0n) is 18.7. The minimum absolute atomic E-state index is 0.0438. The lowest BCUT2D eigenvalue weighted by Gasteiger charge is -2.34. The predicted molar refractivity (Wildman–Crippen MR) is 123 cm³/mol. The zero-order chi connectivity index (χ0) is 20.6. The molecule has 2 fully saturated rings. The number of nitrogens with zero attached hydrogens (tertiary/aromatic N) is 3. The van der Waals surface area contributed by atoms with Crippen molar-refractivity contribution in [1.29, 1.82) is 0 Å². The lowest BCUT2D eigenvalue weighted by atomic mass is 9.96. The number of nitrogens with one attached hydrogen (secondary N) is 1. The van der Waals surface area contributed by atoms with Gasteiger partial charge >= 0.3 is 6.03 Å². The first-order valence-electron chi connectivity index (χ1n) is 11.6. The van der Waals surface area contributed by atoms with Crippen LogP contribution in [0.2, 0.25) is 0 Å². The second-order valence-electron chi connectivity index (χ2n) is 9.19. The van der Waals surface area contributed by atoms with Crippen LogP contribution in [-0.4, -0.2) is 62.1 Å². The highest BCUT2D eigenvalue weighted by Gasteiger charge is 2.23. The summed E-state index contributed by atoms with van der Waals surface area (Å²) < 4.78 is 0. The topological polar surface area (TPSA) is 38.8 Å². The van der Waals surface area contributed by atoms with E-state index in [1.807, 2.05) is 17.0 Å². The van der Waals surface area contributed by atoms with E-state index in [0.29, 0.717) is 5.92 Å². The average molecular weight is 401 g/mol. The number of hydrogen-bond donors (Lipinski definition) is 1. The Morgan fingerprint density at radius 3 is 2.34 bits per heavy atom. The number of hydrogen-bond acceptors (Lipinski definition) is 3. The standard InChI is InChI=1S/C24H40N4O/c1-4-5-14-26(3)19-21-12-17-28(18-13-21)24(29)25-22-6-8-23(9-7-22)27-15-10-20(2)11-16-27/h6-9,20-21H,4-5,10-19H2,1-3H3,(H,25,29). The molecule has 0 aliphatic carbocycles. The molecule has 2 saturated heterocycles. The molecule has 0 radical (unpaired) electrons. The van der Waals surface area contributed by atoms with E-state index in [4.69, 9.17) is 0 Å². The molecule has 2 aliphatic heterocycles. The van der Waals surface area contributed by atoms with Gasteiger partial charge in [0.1, 0.15) is 0 Å².